The van der Waals surface area contributed by atoms with Crippen molar-refractivity contribution in [1.29, 1.82) is 0 Å². The van der Waals surface area contributed by atoms with E-state index in [4.69, 9.17) is 4.74 Å². The molecule has 1 aliphatic rings. The van der Waals surface area contributed by atoms with Gasteiger partial charge < -0.3 is 10.1 Å². The number of rotatable bonds is 10. The third-order valence-corrected chi connectivity index (χ3v) is 2.84. The van der Waals surface area contributed by atoms with Gasteiger partial charge in [-0.15, -0.1) is 0 Å². The lowest BCUT2D eigenvalue weighted by molar-refractivity contribution is -0.136. The molecule has 1 N–H and O–H groups in total. The lowest BCUT2D eigenvalue weighted by Crippen LogP contribution is -2.33. The van der Waals surface area contributed by atoms with E-state index in [2.05, 4.69) is 18.5 Å². The van der Waals surface area contributed by atoms with E-state index >= 15 is 0 Å². The molecule has 114 valence electrons. The Hall–Kier alpha value is -2.37. The minimum Gasteiger partial charge on any atom is -0.494 e. The number of ether oxygens (including phenoxy) is 1. The number of nitrogens with zero attached hydrogens (tertiary/aromatic N) is 1. The Morgan fingerprint density at radius 2 is 1.95 bits per heavy atom. The smallest absolute Gasteiger partial charge is 0.253 e. The van der Waals surface area contributed by atoms with Crippen LogP contribution >= 0.6 is 0 Å². The van der Waals surface area contributed by atoms with Crippen molar-refractivity contribution in [1.82, 2.24) is 10.2 Å². The third kappa shape index (κ3) is 6.07. The molecule has 0 aliphatic carbocycles. The first-order chi connectivity index (χ1) is 10.0. The summed E-state index contributed by atoms with van der Waals surface area (Å²) < 4.78 is 5.18. The molecule has 0 atom stereocenters. The van der Waals surface area contributed by atoms with Crippen molar-refractivity contribution in [2.75, 3.05) is 19.7 Å². The summed E-state index contributed by atoms with van der Waals surface area (Å²) in [6.07, 6.45) is 5.49. The highest BCUT2D eigenvalue weighted by Crippen LogP contribution is 2.03. The molecule has 1 heterocycles. The minimum absolute atomic E-state index is 0.0833. The lowest BCUT2D eigenvalue weighted by Gasteiger charge is -2.13. The number of nitrogens with one attached hydrogen (secondary N) is 1. The highest BCUT2D eigenvalue weighted by atomic mass is 16.5. The quantitative estimate of drug-likeness (QED) is 0.281. The molecule has 3 amide bonds. The van der Waals surface area contributed by atoms with Crippen molar-refractivity contribution in [3.63, 3.8) is 0 Å². The number of hydrogen-bond donors (Lipinski definition) is 1. The second-order valence-corrected chi connectivity index (χ2v) is 4.49. The largest absolute Gasteiger partial charge is 0.494 e. The Labute approximate surface area is 124 Å². The van der Waals surface area contributed by atoms with Gasteiger partial charge >= 0.3 is 0 Å². The van der Waals surface area contributed by atoms with Crippen LogP contribution in [0.3, 0.4) is 0 Å². The molecule has 1 aliphatic heterocycles. The van der Waals surface area contributed by atoms with Gasteiger partial charge in [0.2, 0.25) is 5.91 Å². The molecule has 0 saturated carbocycles. The predicted octanol–water partition coefficient (Wildman–Crippen LogP) is 0.914. The molecule has 0 saturated heterocycles. The zero-order chi connectivity index (χ0) is 15.7. The number of allylic oxidation sites excluding steroid dienone is 1. The summed E-state index contributed by atoms with van der Waals surface area (Å²) in [5.41, 5.74) is 0. The van der Waals surface area contributed by atoms with E-state index in [0.717, 1.165) is 4.90 Å². The Morgan fingerprint density at radius 1 is 1.29 bits per heavy atom. The molecule has 21 heavy (non-hydrogen) atoms. The van der Waals surface area contributed by atoms with Gasteiger partial charge in [-0.25, -0.2) is 0 Å². The minimum atomic E-state index is -0.300. The van der Waals surface area contributed by atoms with Gasteiger partial charge in [-0.05, 0) is 18.9 Å². The van der Waals surface area contributed by atoms with E-state index < -0.39 is 0 Å². The maximum Gasteiger partial charge on any atom is 0.253 e. The second kappa shape index (κ2) is 8.73. The number of hydrogen-bond acceptors (Lipinski definition) is 4. The first-order valence-electron chi connectivity index (χ1n) is 6.79. The first-order valence-corrected chi connectivity index (χ1v) is 6.79. The normalized spacial score (nSPS) is 13.4. The summed E-state index contributed by atoms with van der Waals surface area (Å²) in [7, 11) is 0. The summed E-state index contributed by atoms with van der Waals surface area (Å²) in [6.45, 7) is 8.26. The average Bonchev–Trinajstić information content (AvgIpc) is 2.79. The van der Waals surface area contributed by atoms with E-state index in [9.17, 15) is 14.4 Å². The van der Waals surface area contributed by atoms with Crippen LogP contribution in [0.5, 0.6) is 0 Å². The van der Waals surface area contributed by atoms with Crippen molar-refractivity contribution in [3.8, 4) is 0 Å². The van der Waals surface area contributed by atoms with Gasteiger partial charge in [0.05, 0.1) is 6.61 Å². The van der Waals surface area contributed by atoms with Crippen LogP contribution in [-0.4, -0.2) is 42.3 Å². The second-order valence-electron chi connectivity index (χ2n) is 4.49. The fourth-order valence-corrected chi connectivity index (χ4v) is 1.70. The van der Waals surface area contributed by atoms with Gasteiger partial charge in [-0.2, -0.15) is 0 Å². The third-order valence-electron chi connectivity index (χ3n) is 2.84. The van der Waals surface area contributed by atoms with E-state index in [0.29, 0.717) is 44.7 Å². The lowest BCUT2D eigenvalue weighted by atomic mass is 10.3. The molecule has 0 aromatic rings. The number of carbonyl (C=O) groups excluding carboxylic acids is 3. The standard InChI is InChI=1S/C15H20N2O4/c1-3-12(2)21-11-4-6-13(18)16-9-5-10-17-14(19)7-8-15(17)20/h3,7-8H,1-2,4-6,9-11H2,(H,16,18). The highest BCUT2D eigenvalue weighted by molar-refractivity contribution is 6.12. The maximum atomic E-state index is 11.5. The maximum absolute atomic E-state index is 11.5. The SMILES string of the molecule is C=CC(=C)OCCCC(=O)NCCCN1C(=O)C=CC1=O. The number of imide groups is 1. The molecule has 6 heteroatoms. The van der Waals surface area contributed by atoms with Crippen molar-refractivity contribution >= 4 is 17.7 Å². The molecular weight excluding hydrogens is 272 g/mol. The summed E-state index contributed by atoms with van der Waals surface area (Å²) in [5, 5.41) is 2.73. The van der Waals surface area contributed by atoms with Crippen molar-refractivity contribution in [2.45, 2.75) is 19.3 Å². The van der Waals surface area contributed by atoms with Crippen molar-refractivity contribution in [3.05, 3.63) is 37.1 Å². The van der Waals surface area contributed by atoms with Gasteiger partial charge in [0.1, 0.15) is 5.76 Å². The zero-order valence-corrected chi connectivity index (χ0v) is 12.0. The van der Waals surface area contributed by atoms with Gasteiger partial charge in [-0.1, -0.05) is 13.2 Å². The Morgan fingerprint density at radius 3 is 2.57 bits per heavy atom. The molecule has 0 radical (unpaired) electrons. The fourth-order valence-electron chi connectivity index (χ4n) is 1.70. The molecule has 0 spiro atoms. The topological polar surface area (TPSA) is 75.7 Å². The van der Waals surface area contributed by atoms with Crippen LogP contribution in [0.2, 0.25) is 0 Å². The van der Waals surface area contributed by atoms with Crippen LogP contribution in [0.4, 0.5) is 0 Å². The summed E-state index contributed by atoms with van der Waals surface area (Å²) in [5.74, 6) is -0.194. The summed E-state index contributed by atoms with van der Waals surface area (Å²) in [6, 6.07) is 0. The van der Waals surface area contributed by atoms with Crippen LogP contribution in [0, 0.1) is 0 Å². The Balaban J connectivity index is 2.03. The van der Waals surface area contributed by atoms with Crippen LogP contribution in [-0.2, 0) is 19.1 Å². The number of amides is 3. The van der Waals surface area contributed by atoms with Crippen LogP contribution in [0.1, 0.15) is 19.3 Å². The Bertz CT molecular complexity index is 450. The molecule has 0 bridgehead atoms. The van der Waals surface area contributed by atoms with E-state index in [1.807, 2.05) is 0 Å². The number of carbonyl (C=O) groups is 3. The highest BCUT2D eigenvalue weighted by Gasteiger charge is 2.22. The van der Waals surface area contributed by atoms with Gasteiger partial charge in [0.25, 0.3) is 11.8 Å². The van der Waals surface area contributed by atoms with E-state index in [1.54, 1.807) is 0 Å². The van der Waals surface area contributed by atoms with Crippen LogP contribution in [0.25, 0.3) is 0 Å². The molecule has 1 rings (SSSR count). The molecular formula is C15H20N2O4. The van der Waals surface area contributed by atoms with E-state index in [1.165, 1.54) is 18.2 Å². The Kier molecular flexibility index (Phi) is 6.94. The van der Waals surface area contributed by atoms with Crippen LogP contribution < -0.4 is 5.32 Å². The monoisotopic (exact) mass is 292 g/mol. The zero-order valence-electron chi connectivity index (χ0n) is 12.0. The molecule has 6 nitrogen and oxygen atoms in total. The van der Waals surface area contributed by atoms with Gasteiger partial charge in [0, 0.05) is 31.7 Å². The molecule has 0 aromatic heterocycles. The summed E-state index contributed by atoms with van der Waals surface area (Å²) >= 11 is 0. The average molecular weight is 292 g/mol. The van der Waals surface area contributed by atoms with Gasteiger partial charge in [0.15, 0.2) is 0 Å². The predicted molar refractivity (Wildman–Crippen MR) is 78.0 cm³/mol. The molecule has 0 fully saturated rings. The first kappa shape index (κ1) is 16.7. The summed E-state index contributed by atoms with van der Waals surface area (Å²) in [4.78, 5) is 35.2. The van der Waals surface area contributed by atoms with Crippen molar-refractivity contribution in [2.24, 2.45) is 0 Å². The fraction of sp³-hybridized carbons (Fsp3) is 0.400. The van der Waals surface area contributed by atoms with Crippen molar-refractivity contribution < 1.29 is 19.1 Å². The molecule has 0 aromatic carbocycles. The van der Waals surface area contributed by atoms with Gasteiger partial charge in [-0.3, -0.25) is 19.3 Å². The molecule has 0 unspecified atom stereocenters. The van der Waals surface area contributed by atoms with E-state index in [-0.39, 0.29) is 17.7 Å². The van der Waals surface area contributed by atoms with Crippen LogP contribution in [0.15, 0.2) is 37.1 Å².